The first-order chi connectivity index (χ1) is 9.58. The number of aliphatic hydroxyl groups is 1. The summed E-state index contributed by atoms with van der Waals surface area (Å²) in [7, 11) is 0. The molecule has 1 rings (SSSR count). The Bertz CT molecular complexity index is 426. The van der Waals surface area contributed by atoms with Crippen LogP contribution in [0.25, 0.3) is 0 Å². The van der Waals surface area contributed by atoms with Crippen molar-refractivity contribution in [1.82, 2.24) is 5.32 Å². The molecular formula is C16H26N2O2. The lowest BCUT2D eigenvalue weighted by Gasteiger charge is -2.17. The van der Waals surface area contributed by atoms with E-state index in [1.165, 1.54) is 0 Å². The second-order valence-corrected chi connectivity index (χ2v) is 5.25. The van der Waals surface area contributed by atoms with Gasteiger partial charge in [0.2, 0.25) is 0 Å². The van der Waals surface area contributed by atoms with Gasteiger partial charge in [-0.15, -0.1) is 0 Å². The lowest BCUT2D eigenvalue weighted by Crippen LogP contribution is -2.33. The van der Waals surface area contributed by atoms with Crippen LogP contribution in [0.15, 0.2) is 18.2 Å². The number of anilines is 1. The number of hydrogen-bond donors (Lipinski definition) is 3. The van der Waals surface area contributed by atoms with Crippen molar-refractivity contribution in [3.05, 3.63) is 29.3 Å². The van der Waals surface area contributed by atoms with E-state index in [-0.39, 0.29) is 12.6 Å². The second-order valence-electron chi connectivity index (χ2n) is 5.25. The molecule has 0 fully saturated rings. The van der Waals surface area contributed by atoms with E-state index < -0.39 is 0 Å². The molecule has 0 radical (unpaired) electrons. The van der Waals surface area contributed by atoms with Crippen molar-refractivity contribution in [1.29, 1.82) is 0 Å². The topological polar surface area (TPSA) is 61.4 Å². The van der Waals surface area contributed by atoms with Crippen LogP contribution in [0.4, 0.5) is 10.5 Å². The van der Waals surface area contributed by atoms with E-state index in [0.717, 1.165) is 36.1 Å². The number of hydrogen-bond acceptors (Lipinski definition) is 2. The highest BCUT2D eigenvalue weighted by atomic mass is 16.3. The fourth-order valence-electron chi connectivity index (χ4n) is 2.23. The van der Waals surface area contributed by atoms with Gasteiger partial charge in [0.05, 0.1) is 0 Å². The van der Waals surface area contributed by atoms with Gasteiger partial charge in [0, 0.05) is 18.8 Å². The standard InChI is InChI=1S/C16H26N2O2/c1-4-6-14(9-10-19)11-17-16(20)18-15-8-5-7-12(2)13(15)3/h5,7-8,14,19H,4,6,9-11H2,1-3H3,(H2,17,18,20). The van der Waals surface area contributed by atoms with Crippen LogP contribution in [0.5, 0.6) is 0 Å². The molecule has 4 heteroatoms. The van der Waals surface area contributed by atoms with Crippen molar-refractivity contribution in [2.75, 3.05) is 18.5 Å². The number of aliphatic hydroxyl groups excluding tert-OH is 1. The Balaban J connectivity index is 2.48. The van der Waals surface area contributed by atoms with Crippen LogP contribution in [0.2, 0.25) is 0 Å². The van der Waals surface area contributed by atoms with Crippen molar-refractivity contribution >= 4 is 11.7 Å². The smallest absolute Gasteiger partial charge is 0.319 e. The van der Waals surface area contributed by atoms with E-state index in [1.54, 1.807) is 0 Å². The molecule has 0 spiro atoms. The predicted octanol–water partition coefficient (Wildman–Crippen LogP) is 3.22. The zero-order chi connectivity index (χ0) is 15.0. The SMILES string of the molecule is CCCC(CCO)CNC(=O)Nc1cccc(C)c1C. The van der Waals surface area contributed by atoms with E-state index in [9.17, 15) is 4.79 Å². The number of rotatable bonds is 7. The lowest BCUT2D eigenvalue weighted by atomic mass is 10.0. The molecule has 0 saturated heterocycles. The van der Waals surface area contributed by atoms with Crippen LogP contribution in [0.3, 0.4) is 0 Å². The zero-order valence-electron chi connectivity index (χ0n) is 12.7. The molecule has 0 saturated carbocycles. The molecule has 1 atom stereocenters. The van der Waals surface area contributed by atoms with E-state index in [4.69, 9.17) is 5.11 Å². The summed E-state index contributed by atoms with van der Waals surface area (Å²) < 4.78 is 0. The second kappa shape index (κ2) is 8.59. The molecule has 4 nitrogen and oxygen atoms in total. The Labute approximate surface area is 121 Å². The van der Waals surface area contributed by atoms with Crippen molar-refractivity contribution in [2.24, 2.45) is 5.92 Å². The summed E-state index contributed by atoms with van der Waals surface area (Å²) in [6, 6.07) is 5.68. The van der Waals surface area contributed by atoms with Crippen LogP contribution in [0, 0.1) is 19.8 Å². The molecule has 1 aromatic rings. The van der Waals surface area contributed by atoms with Gasteiger partial charge >= 0.3 is 6.03 Å². The lowest BCUT2D eigenvalue weighted by molar-refractivity contribution is 0.236. The summed E-state index contributed by atoms with van der Waals surface area (Å²) in [6.45, 7) is 6.91. The quantitative estimate of drug-likeness (QED) is 0.717. The number of urea groups is 1. The molecule has 0 heterocycles. The van der Waals surface area contributed by atoms with Crippen molar-refractivity contribution < 1.29 is 9.90 Å². The van der Waals surface area contributed by atoms with Gasteiger partial charge in [-0.1, -0.05) is 25.5 Å². The molecule has 0 aromatic heterocycles. The third-order valence-electron chi connectivity index (χ3n) is 3.64. The summed E-state index contributed by atoms with van der Waals surface area (Å²) in [6.07, 6.45) is 2.81. The summed E-state index contributed by atoms with van der Waals surface area (Å²) in [5.74, 6) is 0.342. The molecule has 1 aromatic carbocycles. The number of nitrogens with one attached hydrogen (secondary N) is 2. The van der Waals surface area contributed by atoms with Crippen LogP contribution in [-0.2, 0) is 0 Å². The van der Waals surface area contributed by atoms with Gasteiger partial charge in [-0.25, -0.2) is 4.79 Å². The Hall–Kier alpha value is -1.55. The third kappa shape index (κ3) is 5.21. The van der Waals surface area contributed by atoms with E-state index in [2.05, 4.69) is 17.6 Å². The minimum Gasteiger partial charge on any atom is -0.396 e. The molecule has 20 heavy (non-hydrogen) atoms. The average molecular weight is 278 g/mol. The molecular weight excluding hydrogens is 252 g/mol. The first-order valence-corrected chi connectivity index (χ1v) is 7.30. The van der Waals surface area contributed by atoms with E-state index >= 15 is 0 Å². The van der Waals surface area contributed by atoms with Gasteiger partial charge in [0.25, 0.3) is 0 Å². The number of carbonyl (C=O) groups is 1. The largest absolute Gasteiger partial charge is 0.396 e. The maximum Gasteiger partial charge on any atom is 0.319 e. The normalized spacial score (nSPS) is 12.0. The monoisotopic (exact) mass is 278 g/mol. The Morgan fingerprint density at radius 2 is 2.05 bits per heavy atom. The fourth-order valence-corrected chi connectivity index (χ4v) is 2.23. The molecule has 0 aliphatic carbocycles. The van der Waals surface area contributed by atoms with Crippen LogP contribution < -0.4 is 10.6 Å². The van der Waals surface area contributed by atoms with Gasteiger partial charge in [0.1, 0.15) is 0 Å². The predicted molar refractivity (Wildman–Crippen MR) is 83.0 cm³/mol. The maximum absolute atomic E-state index is 11.9. The molecule has 112 valence electrons. The summed E-state index contributed by atoms with van der Waals surface area (Å²) in [5, 5.41) is 14.8. The van der Waals surface area contributed by atoms with Crippen molar-refractivity contribution in [3.63, 3.8) is 0 Å². The summed E-state index contributed by atoms with van der Waals surface area (Å²) in [5.41, 5.74) is 3.09. The van der Waals surface area contributed by atoms with Crippen molar-refractivity contribution in [3.8, 4) is 0 Å². The molecule has 0 bridgehead atoms. The first-order valence-electron chi connectivity index (χ1n) is 7.30. The molecule has 1 unspecified atom stereocenters. The van der Waals surface area contributed by atoms with Crippen LogP contribution >= 0.6 is 0 Å². The summed E-state index contributed by atoms with van der Waals surface area (Å²) in [4.78, 5) is 11.9. The first kappa shape index (κ1) is 16.5. The van der Waals surface area contributed by atoms with Crippen molar-refractivity contribution in [2.45, 2.75) is 40.0 Å². The number of aryl methyl sites for hydroxylation is 1. The van der Waals surface area contributed by atoms with Gasteiger partial charge in [-0.2, -0.15) is 0 Å². The number of benzene rings is 1. The van der Waals surface area contributed by atoms with Crippen LogP contribution in [-0.4, -0.2) is 24.3 Å². The van der Waals surface area contributed by atoms with Gasteiger partial charge in [-0.05, 0) is 49.8 Å². The zero-order valence-corrected chi connectivity index (χ0v) is 12.7. The van der Waals surface area contributed by atoms with Gasteiger partial charge in [0.15, 0.2) is 0 Å². The molecule has 2 amide bonds. The minimum absolute atomic E-state index is 0.172. The Morgan fingerprint density at radius 1 is 1.30 bits per heavy atom. The third-order valence-corrected chi connectivity index (χ3v) is 3.64. The number of amides is 2. The van der Waals surface area contributed by atoms with Gasteiger partial charge < -0.3 is 15.7 Å². The summed E-state index contributed by atoms with van der Waals surface area (Å²) >= 11 is 0. The minimum atomic E-state index is -0.183. The fraction of sp³-hybridized carbons (Fsp3) is 0.562. The Kier molecular flexibility index (Phi) is 7.09. The highest BCUT2D eigenvalue weighted by Crippen LogP contribution is 2.17. The maximum atomic E-state index is 11.9. The van der Waals surface area contributed by atoms with Gasteiger partial charge in [-0.3, -0.25) is 0 Å². The molecule has 3 N–H and O–H groups in total. The highest BCUT2D eigenvalue weighted by Gasteiger charge is 2.10. The van der Waals surface area contributed by atoms with E-state index in [1.807, 2.05) is 32.0 Å². The Morgan fingerprint density at radius 3 is 2.70 bits per heavy atom. The average Bonchev–Trinajstić information content (AvgIpc) is 2.42. The van der Waals surface area contributed by atoms with Crippen LogP contribution in [0.1, 0.15) is 37.3 Å². The molecule has 0 aliphatic rings. The van der Waals surface area contributed by atoms with E-state index in [0.29, 0.717) is 12.5 Å². The molecule has 0 aliphatic heterocycles. The number of carbonyl (C=O) groups excluding carboxylic acids is 1. The highest BCUT2D eigenvalue weighted by molar-refractivity contribution is 5.90.